The number of ether oxygens (including phenoxy) is 1. The molecule has 0 saturated heterocycles. The van der Waals surface area contributed by atoms with E-state index in [1.165, 1.54) is 0 Å². The molecule has 8 heteroatoms. The lowest BCUT2D eigenvalue weighted by Gasteiger charge is -2.09. The second-order valence-corrected chi connectivity index (χ2v) is 7.96. The summed E-state index contributed by atoms with van der Waals surface area (Å²) in [5.41, 5.74) is 2.02. The minimum atomic E-state index is 0.562. The highest BCUT2D eigenvalue weighted by atomic mass is 32.2. The lowest BCUT2D eigenvalue weighted by atomic mass is 10.2. The Hall–Kier alpha value is -2.58. The molecule has 144 valence electrons. The smallest absolute Gasteiger partial charge is 0.192 e. The van der Waals surface area contributed by atoms with Crippen molar-refractivity contribution in [1.29, 1.82) is 0 Å². The normalized spacial score (nSPS) is 11.1. The number of benzene rings is 1. The Bertz CT molecular complexity index is 1040. The number of thiazole rings is 1. The van der Waals surface area contributed by atoms with E-state index in [1.54, 1.807) is 36.5 Å². The summed E-state index contributed by atoms with van der Waals surface area (Å²) >= 11 is 3.33. The predicted octanol–water partition coefficient (Wildman–Crippen LogP) is 4.91. The third-order valence-corrected chi connectivity index (χ3v) is 6.23. The third kappa shape index (κ3) is 4.13. The number of hydrogen-bond donors (Lipinski definition) is 0. The summed E-state index contributed by atoms with van der Waals surface area (Å²) in [4.78, 5) is 4.64. The molecule has 0 aliphatic carbocycles. The quantitative estimate of drug-likeness (QED) is 0.383. The van der Waals surface area contributed by atoms with Crippen molar-refractivity contribution < 1.29 is 9.15 Å². The monoisotopic (exact) mass is 412 g/mol. The van der Waals surface area contributed by atoms with Gasteiger partial charge in [0.25, 0.3) is 0 Å². The van der Waals surface area contributed by atoms with E-state index in [1.807, 2.05) is 36.4 Å². The zero-order valence-electron chi connectivity index (χ0n) is 15.7. The Morgan fingerprint density at radius 3 is 2.89 bits per heavy atom. The molecule has 0 atom stereocenters. The summed E-state index contributed by atoms with van der Waals surface area (Å²) in [5.74, 6) is 3.18. The highest BCUT2D eigenvalue weighted by molar-refractivity contribution is 7.98. The van der Waals surface area contributed by atoms with E-state index < -0.39 is 0 Å². The van der Waals surface area contributed by atoms with Crippen LogP contribution in [0, 0.1) is 0 Å². The molecule has 0 fully saturated rings. The Morgan fingerprint density at radius 1 is 1.21 bits per heavy atom. The first-order valence-corrected chi connectivity index (χ1v) is 10.8. The molecular formula is C20H20N4O2S2. The van der Waals surface area contributed by atoms with Crippen molar-refractivity contribution in [2.24, 2.45) is 0 Å². The maximum Gasteiger partial charge on any atom is 0.192 e. The number of thioether (sulfide) groups is 1. The van der Waals surface area contributed by atoms with Gasteiger partial charge in [0.1, 0.15) is 11.5 Å². The fourth-order valence-corrected chi connectivity index (χ4v) is 4.47. The van der Waals surface area contributed by atoms with Gasteiger partial charge in [-0.1, -0.05) is 30.8 Å². The lowest BCUT2D eigenvalue weighted by molar-refractivity contribution is 0.415. The van der Waals surface area contributed by atoms with Gasteiger partial charge in [-0.2, -0.15) is 0 Å². The molecule has 0 radical (unpaired) electrons. The van der Waals surface area contributed by atoms with E-state index in [0.717, 1.165) is 50.9 Å². The fourth-order valence-electron chi connectivity index (χ4n) is 2.79. The van der Waals surface area contributed by atoms with Gasteiger partial charge in [0.15, 0.2) is 11.0 Å². The number of furan rings is 1. The molecule has 0 unspecified atom stereocenters. The molecule has 0 amide bonds. The third-order valence-electron chi connectivity index (χ3n) is 4.19. The van der Waals surface area contributed by atoms with Crippen molar-refractivity contribution >= 4 is 23.1 Å². The Morgan fingerprint density at radius 2 is 2.14 bits per heavy atom. The Kier molecular flexibility index (Phi) is 5.78. The summed E-state index contributed by atoms with van der Waals surface area (Å²) in [6.07, 6.45) is 2.64. The van der Waals surface area contributed by atoms with Crippen LogP contribution in [0.1, 0.15) is 23.4 Å². The molecule has 6 nitrogen and oxygen atoms in total. The summed E-state index contributed by atoms with van der Waals surface area (Å²) in [6, 6.07) is 11.7. The molecule has 1 aromatic carbocycles. The number of rotatable bonds is 8. The van der Waals surface area contributed by atoms with Crippen molar-refractivity contribution in [3.05, 3.63) is 64.5 Å². The van der Waals surface area contributed by atoms with Gasteiger partial charge in [-0.25, -0.2) is 4.98 Å². The van der Waals surface area contributed by atoms with Crippen molar-refractivity contribution in [2.75, 3.05) is 7.11 Å². The molecule has 0 aliphatic heterocycles. The van der Waals surface area contributed by atoms with Crippen molar-refractivity contribution in [1.82, 2.24) is 19.7 Å². The van der Waals surface area contributed by atoms with Crippen LogP contribution in [0.4, 0.5) is 0 Å². The molecule has 0 saturated carbocycles. The largest absolute Gasteiger partial charge is 0.497 e. The van der Waals surface area contributed by atoms with Crippen LogP contribution in [0.15, 0.2) is 57.6 Å². The average molecular weight is 413 g/mol. The first-order valence-electron chi connectivity index (χ1n) is 8.93. The van der Waals surface area contributed by atoms with Crippen LogP contribution in [-0.2, 0) is 18.7 Å². The first-order chi connectivity index (χ1) is 13.8. The van der Waals surface area contributed by atoms with Gasteiger partial charge >= 0.3 is 0 Å². The minimum Gasteiger partial charge on any atom is -0.497 e. The second kappa shape index (κ2) is 8.62. The number of aromatic nitrogens is 4. The molecule has 4 aromatic rings. The standard InChI is InChI=1S/C20H20N4O2S2/c1-3-18-21-15(12-27-18)13-28-20-23-22-19(14-6-4-7-16(10-14)25-2)24(20)11-17-8-5-9-26-17/h4-10,12H,3,11,13H2,1-2H3. The predicted molar refractivity (Wildman–Crippen MR) is 111 cm³/mol. The van der Waals surface area contributed by atoms with E-state index in [0.29, 0.717) is 6.54 Å². The highest BCUT2D eigenvalue weighted by Gasteiger charge is 2.17. The molecule has 0 spiro atoms. The number of aryl methyl sites for hydroxylation is 1. The molecule has 0 N–H and O–H groups in total. The summed E-state index contributed by atoms with van der Waals surface area (Å²) in [7, 11) is 1.66. The summed E-state index contributed by atoms with van der Waals surface area (Å²) in [5, 5.41) is 13.0. The van der Waals surface area contributed by atoms with E-state index >= 15 is 0 Å². The van der Waals surface area contributed by atoms with E-state index in [2.05, 4.69) is 32.1 Å². The van der Waals surface area contributed by atoms with Crippen LogP contribution < -0.4 is 4.74 Å². The number of methoxy groups -OCH3 is 1. The van der Waals surface area contributed by atoms with E-state index in [9.17, 15) is 0 Å². The molecule has 0 bridgehead atoms. The average Bonchev–Trinajstić information content (AvgIpc) is 3.48. The maximum absolute atomic E-state index is 5.56. The molecule has 3 heterocycles. The van der Waals surface area contributed by atoms with Crippen LogP contribution in [0.2, 0.25) is 0 Å². The van der Waals surface area contributed by atoms with Crippen molar-refractivity contribution in [3.8, 4) is 17.1 Å². The molecule has 4 rings (SSSR count). The van der Waals surface area contributed by atoms with E-state index in [-0.39, 0.29) is 0 Å². The fraction of sp³-hybridized carbons (Fsp3) is 0.250. The van der Waals surface area contributed by atoms with Gasteiger partial charge in [-0.3, -0.25) is 4.57 Å². The summed E-state index contributed by atoms with van der Waals surface area (Å²) in [6.45, 7) is 2.68. The lowest BCUT2D eigenvalue weighted by Crippen LogP contribution is -2.03. The molecule has 0 aliphatic rings. The zero-order valence-corrected chi connectivity index (χ0v) is 17.3. The van der Waals surface area contributed by atoms with Crippen LogP contribution in [0.25, 0.3) is 11.4 Å². The first kappa shape index (κ1) is 18.8. The topological polar surface area (TPSA) is 66.0 Å². The van der Waals surface area contributed by atoms with Gasteiger partial charge < -0.3 is 9.15 Å². The Labute approximate surface area is 171 Å². The highest BCUT2D eigenvalue weighted by Crippen LogP contribution is 2.29. The summed E-state index contributed by atoms with van der Waals surface area (Å²) < 4.78 is 13.0. The van der Waals surface area contributed by atoms with Gasteiger partial charge in [0.2, 0.25) is 0 Å². The SMILES string of the molecule is CCc1nc(CSc2nnc(-c3cccc(OC)c3)n2Cc2ccco2)cs1. The number of hydrogen-bond acceptors (Lipinski definition) is 7. The van der Waals surface area contributed by atoms with Gasteiger partial charge in [-0.15, -0.1) is 21.5 Å². The second-order valence-electron chi connectivity index (χ2n) is 6.08. The van der Waals surface area contributed by atoms with Gasteiger partial charge in [0.05, 0.1) is 30.6 Å². The van der Waals surface area contributed by atoms with Crippen LogP contribution in [0.5, 0.6) is 5.75 Å². The minimum absolute atomic E-state index is 0.562. The molecular weight excluding hydrogens is 392 g/mol. The van der Waals surface area contributed by atoms with Crippen molar-refractivity contribution in [3.63, 3.8) is 0 Å². The molecule has 28 heavy (non-hydrogen) atoms. The van der Waals surface area contributed by atoms with Crippen molar-refractivity contribution in [2.45, 2.75) is 30.8 Å². The Balaban J connectivity index is 1.64. The van der Waals surface area contributed by atoms with Crippen LogP contribution in [-0.4, -0.2) is 26.9 Å². The number of nitrogens with zero attached hydrogens (tertiary/aromatic N) is 4. The van der Waals surface area contributed by atoms with Crippen LogP contribution in [0.3, 0.4) is 0 Å². The van der Waals surface area contributed by atoms with Gasteiger partial charge in [-0.05, 0) is 30.7 Å². The molecule has 3 aromatic heterocycles. The van der Waals surface area contributed by atoms with Gasteiger partial charge in [0, 0.05) is 16.7 Å². The van der Waals surface area contributed by atoms with E-state index in [4.69, 9.17) is 9.15 Å². The maximum atomic E-state index is 5.56. The zero-order chi connectivity index (χ0) is 19.3. The van der Waals surface area contributed by atoms with Crippen LogP contribution >= 0.6 is 23.1 Å².